The van der Waals surface area contributed by atoms with Crippen molar-refractivity contribution in [2.45, 2.75) is 19.4 Å². The van der Waals surface area contributed by atoms with Crippen LogP contribution in [0.3, 0.4) is 0 Å². The van der Waals surface area contributed by atoms with E-state index in [2.05, 4.69) is 44.2 Å². The van der Waals surface area contributed by atoms with Crippen molar-refractivity contribution in [3.8, 4) is 28.1 Å². The lowest BCUT2D eigenvalue weighted by molar-refractivity contribution is 0.284. The predicted octanol–water partition coefficient (Wildman–Crippen LogP) is 5.76. The Morgan fingerprint density at radius 3 is 2.54 bits per heavy atom. The third-order valence-corrected chi connectivity index (χ3v) is 6.63. The number of nitrogens with two attached hydrogens (primary N) is 2. The second kappa shape index (κ2) is 9.44. The molecule has 0 radical (unpaired) electrons. The molecule has 182 valence electrons. The van der Waals surface area contributed by atoms with Crippen molar-refractivity contribution in [3.63, 3.8) is 0 Å². The van der Waals surface area contributed by atoms with Gasteiger partial charge in [-0.05, 0) is 53.8 Å². The zero-order valence-corrected chi connectivity index (χ0v) is 20.4. The summed E-state index contributed by atoms with van der Waals surface area (Å²) < 4.78 is 5.84. The highest BCUT2D eigenvalue weighted by Crippen LogP contribution is 2.34. The van der Waals surface area contributed by atoms with Crippen LogP contribution in [0.4, 0.5) is 5.82 Å². The zero-order chi connectivity index (χ0) is 25.4. The van der Waals surface area contributed by atoms with Crippen LogP contribution in [0.5, 0.6) is 5.75 Å². The number of fused-ring (bicyclic) bond motifs is 4. The van der Waals surface area contributed by atoms with Crippen LogP contribution in [0, 0.1) is 0 Å². The van der Waals surface area contributed by atoms with Crippen LogP contribution in [0.1, 0.15) is 13.3 Å². The van der Waals surface area contributed by atoms with Crippen molar-refractivity contribution in [2.24, 2.45) is 5.73 Å². The van der Waals surface area contributed by atoms with Crippen molar-refractivity contribution in [3.05, 3.63) is 85.5 Å². The van der Waals surface area contributed by atoms with Gasteiger partial charge in [-0.1, -0.05) is 31.2 Å². The Morgan fingerprint density at radius 2 is 1.65 bits per heavy atom. The number of aromatic nitrogens is 4. The van der Waals surface area contributed by atoms with E-state index in [-0.39, 0.29) is 6.04 Å². The first-order chi connectivity index (χ1) is 18.1. The maximum absolute atomic E-state index is 6.42. The number of hydrogen-bond acceptors (Lipinski definition) is 7. The predicted molar refractivity (Wildman–Crippen MR) is 149 cm³/mol. The lowest BCUT2D eigenvalue weighted by Gasteiger charge is -2.13. The van der Waals surface area contributed by atoms with Gasteiger partial charge >= 0.3 is 0 Å². The van der Waals surface area contributed by atoms with E-state index in [1.165, 1.54) is 0 Å². The largest absolute Gasteiger partial charge is 0.490 e. The molecule has 0 saturated carbocycles. The first kappa shape index (κ1) is 22.8. The number of pyridine rings is 4. The molecule has 4 N–H and O–H groups in total. The Labute approximate surface area is 214 Å². The van der Waals surface area contributed by atoms with E-state index in [4.69, 9.17) is 16.2 Å². The van der Waals surface area contributed by atoms with Crippen LogP contribution < -0.4 is 16.2 Å². The van der Waals surface area contributed by atoms with Gasteiger partial charge in [-0.3, -0.25) is 15.0 Å². The monoisotopic (exact) mass is 486 g/mol. The van der Waals surface area contributed by atoms with Crippen molar-refractivity contribution in [2.75, 3.05) is 12.3 Å². The van der Waals surface area contributed by atoms with Crippen LogP contribution in [0.15, 0.2) is 85.5 Å². The van der Waals surface area contributed by atoms with E-state index in [0.29, 0.717) is 23.9 Å². The molecule has 7 nitrogen and oxygen atoms in total. The summed E-state index contributed by atoms with van der Waals surface area (Å²) >= 11 is 0. The Balaban J connectivity index is 1.46. The Bertz CT molecular complexity index is 1770. The first-order valence-corrected chi connectivity index (χ1v) is 12.3. The molecular formula is C30H26N6O. The molecule has 1 atom stereocenters. The summed E-state index contributed by atoms with van der Waals surface area (Å²) in [5.74, 6) is 1.06. The minimum atomic E-state index is -0.0241. The van der Waals surface area contributed by atoms with Crippen LogP contribution in [0.25, 0.3) is 55.0 Å². The highest BCUT2D eigenvalue weighted by molar-refractivity contribution is 6.10. The van der Waals surface area contributed by atoms with Gasteiger partial charge in [0, 0.05) is 51.9 Å². The quantitative estimate of drug-likeness (QED) is 0.288. The van der Waals surface area contributed by atoms with Crippen LogP contribution in [0.2, 0.25) is 0 Å². The van der Waals surface area contributed by atoms with Crippen molar-refractivity contribution in [1.82, 2.24) is 19.9 Å². The second-order valence-corrected chi connectivity index (χ2v) is 9.15. The Hall–Kier alpha value is -4.62. The summed E-state index contributed by atoms with van der Waals surface area (Å²) in [6.07, 6.45) is 7.97. The molecule has 0 unspecified atom stereocenters. The molecule has 6 rings (SSSR count). The van der Waals surface area contributed by atoms with Crippen molar-refractivity contribution in [1.29, 1.82) is 0 Å². The summed E-state index contributed by atoms with van der Waals surface area (Å²) in [6, 6.07) is 20.4. The van der Waals surface area contributed by atoms with E-state index >= 15 is 0 Å². The fraction of sp³-hybridized carbons (Fsp3) is 0.133. The number of anilines is 1. The normalized spacial score (nSPS) is 12.3. The summed E-state index contributed by atoms with van der Waals surface area (Å²) in [6.45, 7) is 2.46. The molecule has 0 saturated heterocycles. The summed E-state index contributed by atoms with van der Waals surface area (Å²) in [4.78, 5) is 18.3. The maximum atomic E-state index is 6.42. The number of nitrogen functional groups attached to an aromatic ring is 1. The van der Waals surface area contributed by atoms with Gasteiger partial charge in [0.25, 0.3) is 0 Å². The summed E-state index contributed by atoms with van der Waals surface area (Å²) in [5.41, 5.74) is 17.9. The summed E-state index contributed by atoms with van der Waals surface area (Å²) in [5, 5.41) is 3.87. The van der Waals surface area contributed by atoms with Gasteiger partial charge in [0.05, 0.1) is 22.9 Å². The molecule has 4 heterocycles. The fourth-order valence-electron chi connectivity index (χ4n) is 4.45. The third-order valence-electron chi connectivity index (χ3n) is 6.63. The molecule has 6 aromatic rings. The van der Waals surface area contributed by atoms with Gasteiger partial charge in [0.2, 0.25) is 0 Å². The molecule has 0 aliphatic rings. The molecule has 37 heavy (non-hydrogen) atoms. The number of nitrogens with zero attached hydrogens (tertiary/aromatic N) is 4. The SMILES string of the molecule is CC[C@@H](N)COc1cncc(-c2cc3c(cnc4ccc(-c5cnc6ccccc6c5)cc43)c(N)n2)c1. The third kappa shape index (κ3) is 4.41. The standard InChI is InChI=1S/C30H26N6O/c1-2-22(31)17-37-23-10-21(13-33-15-23)29-12-24-25-11-18(7-8-28(25)35-16-26(24)30(32)36-29)20-9-19-5-3-4-6-27(19)34-14-20/h3-16,22H,2,17,31H2,1H3,(H2,32,36)/t22-/m1/s1. The Morgan fingerprint density at radius 1 is 0.784 bits per heavy atom. The van der Waals surface area contributed by atoms with Gasteiger partial charge in [0.1, 0.15) is 18.2 Å². The van der Waals surface area contributed by atoms with Crippen LogP contribution in [-0.2, 0) is 0 Å². The molecule has 0 fully saturated rings. The molecule has 0 aliphatic carbocycles. The van der Waals surface area contributed by atoms with Gasteiger partial charge < -0.3 is 16.2 Å². The molecule has 0 aliphatic heterocycles. The number of benzene rings is 2. The average Bonchev–Trinajstić information content (AvgIpc) is 2.95. The van der Waals surface area contributed by atoms with E-state index in [9.17, 15) is 0 Å². The topological polar surface area (TPSA) is 113 Å². The lowest BCUT2D eigenvalue weighted by Crippen LogP contribution is -2.26. The van der Waals surface area contributed by atoms with Gasteiger partial charge in [0.15, 0.2) is 0 Å². The van der Waals surface area contributed by atoms with Gasteiger partial charge in [-0.25, -0.2) is 4.98 Å². The van der Waals surface area contributed by atoms with E-state index in [1.807, 2.05) is 49.5 Å². The lowest BCUT2D eigenvalue weighted by atomic mass is 9.99. The highest BCUT2D eigenvalue weighted by atomic mass is 16.5. The van der Waals surface area contributed by atoms with Crippen molar-refractivity contribution >= 4 is 38.4 Å². The van der Waals surface area contributed by atoms with Crippen LogP contribution in [-0.4, -0.2) is 32.6 Å². The minimum Gasteiger partial charge on any atom is -0.490 e. The smallest absolute Gasteiger partial charge is 0.138 e. The molecule has 0 bridgehead atoms. The summed E-state index contributed by atoms with van der Waals surface area (Å²) in [7, 11) is 0. The van der Waals surface area contributed by atoms with E-state index in [1.54, 1.807) is 18.6 Å². The van der Waals surface area contributed by atoms with Crippen molar-refractivity contribution < 1.29 is 4.74 Å². The van der Waals surface area contributed by atoms with Gasteiger partial charge in [-0.15, -0.1) is 0 Å². The first-order valence-electron chi connectivity index (χ1n) is 12.3. The number of para-hydroxylation sites is 1. The van der Waals surface area contributed by atoms with E-state index < -0.39 is 0 Å². The van der Waals surface area contributed by atoms with E-state index in [0.717, 1.165) is 55.7 Å². The average molecular weight is 487 g/mol. The number of ether oxygens (including phenoxy) is 1. The Kier molecular flexibility index (Phi) is 5.82. The van der Waals surface area contributed by atoms with Gasteiger partial charge in [-0.2, -0.15) is 0 Å². The fourth-order valence-corrected chi connectivity index (χ4v) is 4.45. The maximum Gasteiger partial charge on any atom is 0.138 e. The number of rotatable bonds is 6. The second-order valence-electron chi connectivity index (χ2n) is 9.15. The molecule has 7 heteroatoms. The molecular weight excluding hydrogens is 460 g/mol. The van der Waals surface area contributed by atoms with Crippen LogP contribution >= 0.6 is 0 Å². The highest BCUT2D eigenvalue weighted by Gasteiger charge is 2.12. The molecule has 2 aromatic carbocycles. The molecule has 0 amide bonds. The number of hydrogen-bond donors (Lipinski definition) is 2. The zero-order valence-electron chi connectivity index (χ0n) is 20.4. The molecule has 4 aromatic heterocycles. The molecule has 0 spiro atoms. The minimum absolute atomic E-state index is 0.0241.